The monoisotopic (exact) mass is 190 g/mol. The van der Waals surface area contributed by atoms with Gasteiger partial charge in [-0.25, -0.2) is 0 Å². The molecule has 0 bridgehead atoms. The van der Waals surface area contributed by atoms with Crippen LogP contribution in [0.4, 0.5) is 0 Å². The number of nitrogens with one attached hydrogen (secondary N) is 1. The summed E-state index contributed by atoms with van der Waals surface area (Å²) in [6, 6.07) is 4.30. The fourth-order valence-electron chi connectivity index (χ4n) is 1.38. The van der Waals surface area contributed by atoms with Gasteiger partial charge in [0.1, 0.15) is 0 Å². The topological polar surface area (TPSA) is 28.7 Å². The van der Waals surface area contributed by atoms with Crippen molar-refractivity contribution in [3.63, 3.8) is 0 Å². The fourth-order valence-corrected chi connectivity index (χ4v) is 2.47. The van der Waals surface area contributed by atoms with Gasteiger partial charge in [0.2, 0.25) is 0 Å². The Morgan fingerprint density at radius 3 is 2.69 bits per heavy atom. The predicted octanol–water partition coefficient (Wildman–Crippen LogP) is 2.11. The molecule has 2 aromatic heterocycles. The standard InChI is InChI=1S/C10H14N2Si/c1-13(2,3)10-6-8-4-5-11-7-9(8)12-10/h4-7,12H,1-3H3. The lowest BCUT2D eigenvalue weighted by Crippen LogP contribution is -2.38. The van der Waals surface area contributed by atoms with Crippen LogP contribution in [-0.2, 0) is 0 Å². The molecule has 0 aliphatic heterocycles. The van der Waals surface area contributed by atoms with Crippen LogP contribution in [0.5, 0.6) is 0 Å². The minimum Gasteiger partial charge on any atom is -0.361 e. The van der Waals surface area contributed by atoms with Crippen LogP contribution in [0, 0.1) is 0 Å². The van der Waals surface area contributed by atoms with E-state index < -0.39 is 8.07 Å². The van der Waals surface area contributed by atoms with Crippen molar-refractivity contribution in [1.82, 2.24) is 9.97 Å². The molecule has 0 aliphatic rings. The number of aromatic nitrogens is 2. The van der Waals surface area contributed by atoms with Crippen molar-refractivity contribution < 1.29 is 0 Å². The highest BCUT2D eigenvalue weighted by Crippen LogP contribution is 2.11. The molecule has 0 saturated carbocycles. The van der Waals surface area contributed by atoms with Crippen LogP contribution < -0.4 is 5.32 Å². The van der Waals surface area contributed by atoms with Crippen molar-refractivity contribution in [2.24, 2.45) is 0 Å². The van der Waals surface area contributed by atoms with E-state index in [0.29, 0.717) is 0 Å². The number of hydrogen-bond acceptors (Lipinski definition) is 1. The largest absolute Gasteiger partial charge is 0.361 e. The number of aromatic amines is 1. The molecule has 68 valence electrons. The second-order valence-corrected chi connectivity index (χ2v) is 9.43. The Bertz CT molecular complexity index is 393. The molecule has 13 heavy (non-hydrogen) atoms. The number of rotatable bonds is 1. The number of hydrogen-bond donors (Lipinski definition) is 1. The Morgan fingerprint density at radius 2 is 2.08 bits per heavy atom. The molecule has 0 radical (unpaired) electrons. The summed E-state index contributed by atoms with van der Waals surface area (Å²) >= 11 is 0. The first-order valence-corrected chi connectivity index (χ1v) is 8.00. The van der Waals surface area contributed by atoms with Crippen molar-refractivity contribution >= 4 is 24.3 Å². The molecule has 0 aliphatic carbocycles. The normalized spacial score (nSPS) is 12.2. The molecule has 3 heteroatoms. The van der Waals surface area contributed by atoms with Gasteiger partial charge in [-0.05, 0) is 17.4 Å². The van der Waals surface area contributed by atoms with Gasteiger partial charge in [-0.3, -0.25) is 4.98 Å². The first-order valence-electron chi connectivity index (χ1n) is 4.50. The van der Waals surface area contributed by atoms with Crippen LogP contribution in [0.15, 0.2) is 24.5 Å². The molecule has 0 spiro atoms. The van der Waals surface area contributed by atoms with Crippen LogP contribution in [0.1, 0.15) is 0 Å². The van der Waals surface area contributed by atoms with Gasteiger partial charge in [0.05, 0.1) is 19.8 Å². The van der Waals surface area contributed by atoms with Gasteiger partial charge in [0, 0.05) is 11.6 Å². The van der Waals surface area contributed by atoms with Crippen LogP contribution in [0.3, 0.4) is 0 Å². The van der Waals surface area contributed by atoms with E-state index in [1.54, 1.807) is 0 Å². The molecule has 2 rings (SSSR count). The average Bonchev–Trinajstić information content (AvgIpc) is 2.45. The van der Waals surface area contributed by atoms with Crippen LogP contribution in [0.2, 0.25) is 19.6 Å². The van der Waals surface area contributed by atoms with Crippen LogP contribution in [0.25, 0.3) is 10.9 Å². The van der Waals surface area contributed by atoms with E-state index in [1.165, 1.54) is 10.7 Å². The first kappa shape index (κ1) is 8.50. The van der Waals surface area contributed by atoms with Gasteiger partial charge < -0.3 is 4.98 Å². The molecule has 2 heterocycles. The third-order valence-corrected chi connectivity index (χ3v) is 4.12. The minimum atomic E-state index is -1.20. The minimum absolute atomic E-state index is 1.15. The lowest BCUT2D eigenvalue weighted by molar-refractivity contribution is 1.34. The maximum Gasteiger partial charge on any atom is 0.0982 e. The third-order valence-electron chi connectivity index (χ3n) is 2.23. The van der Waals surface area contributed by atoms with E-state index >= 15 is 0 Å². The summed E-state index contributed by atoms with van der Waals surface area (Å²) in [6.45, 7) is 7.02. The molecule has 0 amide bonds. The van der Waals surface area contributed by atoms with Gasteiger partial charge in [-0.1, -0.05) is 19.6 Å². The van der Waals surface area contributed by atoms with E-state index in [9.17, 15) is 0 Å². The molecule has 0 atom stereocenters. The van der Waals surface area contributed by atoms with Gasteiger partial charge in [-0.2, -0.15) is 0 Å². The van der Waals surface area contributed by atoms with Gasteiger partial charge in [-0.15, -0.1) is 0 Å². The Balaban J connectivity index is 2.63. The van der Waals surface area contributed by atoms with Gasteiger partial charge in [0.25, 0.3) is 0 Å². The average molecular weight is 190 g/mol. The third kappa shape index (κ3) is 1.51. The molecule has 2 aromatic rings. The summed E-state index contributed by atoms with van der Waals surface area (Å²) in [5.41, 5.74) is 1.15. The van der Waals surface area contributed by atoms with Crippen LogP contribution >= 0.6 is 0 Å². The fraction of sp³-hybridized carbons (Fsp3) is 0.300. The zero-order valence-corrected chi connectivity index (χ0v) is 9.26. The molecule has 2 nitrogen and oxygen atoms in total. The number of fused-ring (bicyclic) bond motifs is 1. The lowest BCUT2D eigenvalue weighted by Gasteiger charge is -2.12. The number of pyridine rings is 1. The molecule has 0 fully saturated rings. The zero-order chi connectivity index (χ0) is 9.47. The second kappa shape index (κ2) is 2.70. The summed E-state index contributed by atoms with van der Waals surface area (Å²) in [7, 11) is -1.20. The molecule has 0 saturated heterocycles. The Kier molecular flexibility index (Phi) is 1.77. The van der Waals surface area contributed by atoms with E-state index in [1.807, 2.05) is 12.4 Å². The van der Waals surface area contributed by atoms with Crippen molar-refractivity contribution in [3.8, 4) is 0 Å². The number of H-pyrrole nitrogens is 1. The first-order chi connectivity index (χ1) is 6.07. The van der Waals surface area contributed by atoms with E-state index in [0.717, 1.165) is 5.52 Å². The molecule has 1 N–H and O–H groups in total. The summed E-state index contributed by atoms with van der Waals surface area (Å²) in [5.74, 6) is 0. The molecular weight excluding hydrogens is 176 g/mol. The van der Waals surface area contributed by atoms with Crippen molar-refractivity contribution in [2.45, 2.75) is 19.6 Å². The Morgan fingerprint density at radius 1 is 1.31 bits per heavy atom. The van der Waals surface area contributed by atoms with Crippen LogP contribution in [-0.4, -0.2) is 18.0 Å². The van der Waals surface area contributed by atoms with Gasteiger partial charge in [0.15, 0.2) is 0 Å². The summed E-state index contributed by atoms with van der Waals surface area (Å²) in [5, 5.41) is 2.67. The number of nitrogens with zero attached hydrogens (tertiary/aromatic N) is 1. The zero-order valence-electron chi connectivity index (χ0n) is 8.26. The maximum absolute atomic E-state index is 4.09. The molecular formula is C10H14N2Si. The van der Waals surface area contributed by atoms with Crippen molar-refractivity contribution in [2.75, 3.05) is 0 Å². The Labute approximate surface area is 79.0 Å². The van der Waals surface area contributed by atoms with Crippen molar-refractivity contribution in [1.29, 1.82) is 0 Å². The van der Waals surface area contributed by atoms with Crippen molar-refractivity contribution in [3.05, 3.63) is 24.5 Å². The maximum atomic E-state index is 4.09. The quantitative estimate of drug-likeness (QED) is 0.685. The highest BCUT2D eigenvalue weighted by molar-refractivity contribution is 6.88. The van der Waals surface area contributed by atoms with E-state index in [2.05, 4.69) is 41.7 Å². The highest BCUT2D eigenvalue weighted by atomic mass is 28.3. The SMILES string of the molecule is C[Si](C)(C)c1cc2ccncc2[nH]1. The highest BCUT2D eigenvalue weighted by Gasteiger charge is 2.18. The lowest BCUT2D eigenvalue weighted by atomic mass is 10.3. The van der Waals surface area contributed by atoms with Gasteiger partial charge >= 0.3 is 0 Å². The molecule has 0 unspecified atom stereocenters. The van der Waals surface area contributed by atoms with E-state index in [-0.39, 0.29) is 0 Å². The predicted molar refractivity (Wildman–Crippen MR) is 59.1 cm³/mol. The summed E-state index contributed by atoms with van der Waals surface area (Å²) < 4.78 is 0. The summed E-state index contributed by atoms with van der Waals surface area (Å²) in [6.07, 6.45) is 3.73. The second-order valence-electron chi connectivity index (χ2n) is 4.40. The van der Waals surface area contributed by atoms with E-state index in [4.69, 9.17) is 0 Å². The molecule has 0 aromatic carbocycles. The smallest absolute Gasteiger partial charge is 0.0982 e. The Hall–Kier alpha value is -1.09. The summed E-state index contributed by atoms with van der Waals surface area (Å²) in [4.78, 5) is 7.53.